The van der Waals surface area contributed by atoms with Crippen LogP contribution in [0.3, 0.4) is 0 Å². The van der Waals surface area contributed by atoms with E-state index in [1.54, 1.807) is 18.0 Å². The van der Waals surface area contributed by atoms with Crippen LogP contribution in [0.25, 0.3) is 11.0 Å². The summed E-state index contributed by atoms with van der Waals surface area (Å²) < 4.78 is 17.2. The third-order valence-electron chi connectivity index (χ3n) is 5.09. The molecule has 3 aromatic heterocycles. The van der Waals surface area contributed by atoms with Crippen molar-refractivity contribution in [2.24, 2.45) is 0 Å². The molecule has 0 atom stereocenters. The number of methoxy groups -OCH3 is 2. The van der Waals surface area contributed by atoms with E-state index in [2.05, 4.69) is 20.4 Å². The molecule has 0 fully saturated rings. The number of rotatable bonds is 11. The number of aromatic nitrogens is 5. The van der Waals surface area contributed by atoms with E-state index in [1.807, 2.05) is 44.9 Å². The average molecular weight is 458 g/mol. The third-order valence-corrected chi connectivity index (χ3v) is 5.09. The highest BCUT2D eigenvalue weighted by Gasteiger charge is 2.25. The maximum absolute atomic E-state index is 12.5. The first kappa shape index (κ1) is 24.3. The van der Waals surface area contributed by atoms with E-state index < -0.39 is 5.97 Å². The summed E-state index contributed by atoms with van der Waals surface area (Å²) in [4.78, 5) is 28.3. The van der Waals surface area contributed by atoms with Crippen molar-refractivity contribution in [3.8, 4) is 0 Å². The molecular formula is C22H31N7O4. The maximum Gasteiger partial charge on any atom is 0.360 e. The number of aryl methyl sites for hydroxylation is 1. The molecular weight excluding hydrogens is 426 g/mol. The molecule has 33 heavy (non-hydrogen) atoms. The van der Waals surface area contributed by atoms with Crippen LogP contribution < -0.4 is 10.2 Å². The number of hydrogen-bond acceptors (Lipinski definition) is 10. The van der Waals surface area contributed by atoms with Crippen LogP contribution in [0.15, 0.2) is 18.3 Å². The summed E-state index contributed by atoms with van der Waals surface area (Å²) in [6, 6.07) is 3.96. The monoisotopic (exact) mass is 457 g/mol. The molecule has 0 amide bonds. The van der Waals surface area contributed by atoms with Crippen molar-refractivity contribution in [2.45, 2.75) is 33.4 Å². The van der Waals surface area contributed by atoms with Gasteiger partial charge in [-0.05, 0) is 38.5 Å². The average Bonchev–Trinajstić information content (AvgIpc) is 3.16. The lowest BCUT2D eigenvalue weighted by Crippen LogP contribution is -2.28. The topological polar surface area (TPSA) is 117 Å². The van der Waals surface area contributed by atoms with Crippen LogP contribution in [-0.2, 0) is 20.8 Å². The molecule has 3 aromatic rings. The molecule has 0 spiro atoms. The Labute approximate surface area is 193 Å². The number of carbonyl (C=O) groups excluding carboxylic acids is 1. The smallest absolute Gasteiger partial charge is 0.360 e. The molecule has 0 saturated heterocycles. The minimum atomic E-state index is -0.574. The summed E-state index contributed by atoms with van der Waals surface area (Å²) in [5.41, 5.74) is 2.12. The molecule has 0 unspecified atom stereocenters. The Morgan fingerprint density at radius 3 is 2.67 bits per heavy atom. The number of ether oxygens (including phenoxy) is 3. The molecule has 0 bridgehead atoms. The second-order valence-electron chi connectivity index (χ2n) is 7.79. The molecule has 3 heterocycles. The number of esters is 1. The highest BCUT2D eigenvalue weighted by molar-refractivity contribution is 6.03. The number of nitrogens with zero attached hydrogens (tertiary/aromatic N) is 6. The number of hydrogen-bond donors (Lipinski definition) is 1. The Balaban J connectivity index is 2.13. The normalized spacial score (nSPS) is 11.2. The van der Waals surface area contributed by atoms with Gasteiger partial charge in [-0.3, -0.25) is 4.68 Å². The van der Waals surface area contributed by atoms with E-state index >= 15 is 0 Å². The van der Waals surface area contributed by atoms with Crippen molar-refractivity contribution in [3.63, 3.8) is 0 Å². The molecule has 178 valence electrons. The first-order valence-electron chi connectivity index (χ1n) is 10.7. The maximum atomic E-state index is 12.5. The Kier molecular flexibility index (Phi) is 8.12. The minimum Gasteiger partial charge on any atom is -0.464 e. The third kappa shape index (κ3) is 5.74. The summed E-state index contributed by atoms with van der Waals surface area (Å²) in [5.74, 6) is 0.987. The molecule has 0 radical (unpaired) electrons. The highest BCUT2D eigenvalue weighted by atomic mass is 16.5. The van der Waals surface area contributed by atoms with Crippen LogP contribution >= 0.6 is 0 Å². The van der Waals surface area contributed by atoms with Crippen molar-refractivity contribution in [1.29, 1.82) is 0 Å². The SMILES string of the molecule is COCCOCCn1nc(C(=O)OC)c2nc(N(C)C(C)C)nc(Nc3cc(C)ccn3)c21. The van der Waals surface area contributed by atoms with E-state index in [1.165, 1.54) is 7.11 Å². The molecule has 1 N–H and O–H groups in total. The largest absolute Gasteiger partial charge is 0.464 e. The van der Waals surface area contributed by atoms with Crippen molar-refractivity contribution in [2.75, 3.05) is 51.3 Å². The van der Waals surface area contributed by atoms with E-state index in [9.17, 15) is 4.79 Å². The number of carbonyl (C=O) groups is 1. The van der Waals surface area contributed by atoms with Gasteiger partial charge in [0.2, 0.25) is 5.95 Å². The Morgan fingerprint density at radius 1 is 1.21 bits per heavy atom. The summed E-state index contributed by atoms with van der Waals surface area (Å²) >= 11 is 0. The number of nitrogens with one attached hydrogen (secondary N) is 1. The van der Waals surface area contributed by atoms with Crippen LogP contribution in [0.1, 0.15) is 29.9 Å². The fraction of sp³-hybridized carbons (Fsp3) is 0.500. The fourth-order valence-corrected chi connectivity index (χ4v) is 3.06. The molecule has 0 aliphatic carbocycles. The van der Waals surface area contributed by atoms with Crippen molar-refractivity contribution in [3.05, 3.63) is 29.6 Å². The lowest BCUT2D eigenvalue weighted by Gasteiger charge is -2.22. The van der Waals surface area contributed by atoms with Gasteiger partial charge in [-0.1, -0.05) is 0 Å². The van der Waals surface area contributed by atoms with Crippen LogP contribution in [0, 0.1) is 6.92 Å². The van der Waals surface area contributed by atoms with Crippen LogP contribution in [0.4, 0.5) is 17.6 Å². The minimum absolute atomic E-state index is 0.116. The number of pyridine rings is 1. The van der Waals surface area contributed by atoms with Crippen LogP contribution in [0.5, 0.6) is 0 Å². The predicted octanol–water partition coefficient (Wildman–Crippen LogP) is 2.57. The second-order valence-corrected chi connectivity index (χ2v) is 7.79. The van der Waals surface area contributed by atoms with Crippen LogP contribution in [-0.4, -0.2) is 77.8 Å². The van der Waals surface area contributed by atoms with E-state index in [0.717, 1.165) is 5.56 Å². The van der Waals surface area contributed by atoms with Crippen LogP contribution in [0.2, 0.25) is 0 Å². The highest BCUT2D eigenvalue weighted by Crippen LogP contribution is 2.29. The van der Waals surface area contributed by atoms with Gasteiger partial charge < -0.3 is 24.4 Å². The molecule has 3 rings (SSSR count). The molecule has 0 aliphatic rings. The van der Waals surface area contributed by atoms with Gasteiger partial charge >= 0.3 is 5.97 Å². The van der Waals surface area contributed by atoms with Crippen molar-refractivity contribution < 1.29 is 19.0 Å². The van der Waals surface area contributed by atoms with Gasteiger partial charge in [0.15, 0.2) is 11.5 Å². The Hall–Kier alpha value is -3.31. The van der Waals surface area contributed by atoms with Gasteiger partial charge in [0.25, 0.3) is 0 Å². The predicted molar refractivity (Wildman–Crippen MR) is 125 cm³/mol. The summed E-state index contributed by atoms with van der Waals surface area (Å²) in [7, 11) is 4.83. The number of anilines is 3. The zero-order valence-electron chi connectivity index (χ0n) is 20.0. The molecule has 0 aromatic carbocycles. The molecule has 11 heteroatoms. The first-order chi connectivity index (χ1) is 15.8. The summed E-state index contributed by atoms with van der Waals surface area (Å²) in [6.07, 6.45) is 1.72. The Morgan fingerprint density at radius 2 is 2.00 bits per heavy atom. The van der Waals surface area contributed by atoms with Gasteiger partial charge in [-0.2, -0.15) is 10.1 Å². The fourth-order valence-electron chi connectivity index (χ4n) is 3.06. The lowest BCUT2D eigenvalue weighted by molar-refractivity contribution is 0.0589. The quantitative estimate of drug-likeness (QED) is 0.340. The van der Waals surface area contributed by atoms with E-state index in [4.69, 9.17) is 19.2 Å². The first-order valence-corrected chi connectivity index (χ1v) is 10.7. The lowest BCUT2D eigenvalue weighted by atomic mass is 10.3. The van der Waals surface area contributed by atoms with Gasteiger partial charge in [0, 0.05) is 26.4 Å². The van der Waals surface area contributed by atoms with Gasteiger partial charge in [0.1, 0.15) is 16.9 Å². The van der Waals surface area contributed by atoms with Gasteiger partial charge in [-0.25, -0.2) is 14.8 Å². The summed E-state index contributed by atoms with van der Waals surface area (Å²) in [5, 5.41) is 7.77. The second kappa shape index (κ2) is 11.0. The summed E-state index contributed by atoms with van der Waals surface area (Å²) in [6.45, 7) is 7.75. The van der Waals surface area contributed by atoms with Crippen molar-refractivity contribution in [1.82, 2.24) is 24.7 Å². The molecule has 0 saturated carbocycles. The zero-order chi connectivity index (χ0) is 24.0. The zero-order valence-corrected chi connectivity index (χ0v) is 20.0. The van der Waals surface area contributed by atoms with E-state index in [-0.39, 0.29) is 11.7 Å². The van der Waals surface area contributed by atoms with Crippen molar-refractivity contribution >= 4 is 34.6 Å². The standard InChI is InChI=1S/C22H31N7O4/c1-14(2)28(4)22-25-17-18(21(30)32-6)27-29(9-10-33-12-11-31-5)19(17)20(26-22)24-16-13-15(3)7-8-23-16/h7-8,13-14H,9-12H2,1-6H3,(H,23,24,25,26). The number of fused-ring (bicyclic) bond motifs is 1. The molecule has 0 aliphatic heterocycles. The van der Waals surface area contributed by atoms with Gasteiger partial charge in [-0.15, -0.1) is 0 Å². The molecule has 11 nitrogen and oxygen atoms in total. The van der Waals surface area contributed by atoms with E-state index in [0.29, 0.717) is 55.0 Å². The van der Waals surface area contributed by atoms with Gasteiger partial charge in [0.05, 0.1) is 33.5 Å². The Bertz CT molecular complexity index is 1100.